The van der Waals surface area contributed by atoms with E-state index in [-0.39, 0.29) is 28.8 Å². The molecule has 1 amide bonds. The van der Waals surface area contributed by atoms with Crippen LogP contribution in [0.1, 0.15) is 39.8 Å². The lowest BCUT2D eigenvalue weighted by molar-refractivity contribution is -0.120. The molecule has 1 aliphatic heterocycles. The summed E-state index contributed by atoms with van der Waals surface area (Å²) in [6.07, 6.45) is -1.18. The number of rotatable bonds is 16. The van der Waals surface area contributed by atoms with Gasteiger partial charge in [0, 0.05) is 30.3 Å². The van der Waals surface area contributed by atoms with Crippen LogP contribution < -0.4 is 16.7 Å². The van der Waals surface area contributed by atoms with Gasteiger partial charge in [-0.25, -0.2) is 18.5 Å². The van der Waals surface area contributed by atoms with Crippen molar-refractivity contribution in [3.63, 3.8) is 0 Å². The van der Waals surface area contributed by atoms with Crippen LogP contribution in [0.15, 0.2) is 17.1 Å². The van der Waals surface area contributed by atoms with Gasteiger partial charge in [-0.3, -0.25) is 13.9 Å². The summed E-state index contributed by atoms with van der Waals surface area (Å²) in [4.78, 5) is 63.8. The number of hydrogen-bond donors (Lipinski definition) is 6. The van der Waals surface area contributed by atoms with E-state index in [1.807, 2.05) is 13.8 Å². The fraction of sp³-hybridized carbons (Fsp3) is 0.706. The number of carbonyl (C=O) groups is 1. The second-order valence-electron chi connectivity index (χ2n) is 8.71. The van der Waals surface area contributed by atoms with Crippen molar-refractivity contribution in [2.24, 2.45) is 0 Å². The SMILES string of the molecule is CCC(=O)NCC(C)(C)SSCO[C@@H]1C[C@H](n2ccc(N)nc2=O)OC1COP(=O)(O)OP(=O)(O)OP(=O)(O)O. The van der Waals surface area contributed by atoms with Crippen molar-refractivity contribution in [3.05, 3.63) is 22.7 Å². The van der Waals surface area contributed by atoms with E-state index in [1.54, 1.807) is 6.92 Å². The van der Waals surface area contributed by atoms with Crippen LogP contribution in [0.4, 0.5) is 5.82 Å². The van der Waals surface area contributed by atoms with E-state index >= 15 is 0 Å². The number of anilines is 1. The molecule has 0 spiro atoms. The van der Waals surface area contributed by atoms with Crippen LogP contribution in [0.2, 0.25) is 0 Å². The number of phosphoric ester groups is 1. The first-order chi connectivity index (χ1) is 18.3. The molecule has 18 nitrogen and oxygen atoms in total. The molecule has 0 radical (unpaired) electrons. The van der Waals surface area contributed by atoms with Crippen molar-refractivity contribution < 1.29 is 60.7 Å². The van der Waals surface area contributed by atoms with Gasteiger partial charge < -0.3 is 40.1 Å². The molecule has 1 aliphatic rings. The molecule has 2 rings (SSSR count). The van der Waals surface area contributed by atoms with Gasteiger partial charge in [0.1, 0.15) is 24.1 Å². The highest BCUT2D eigenvalue weighted by Gasteiger charge is 2.43. The van der Waals surface area contributed by atoms with Gasteiger partial charge in [-0.2, -0.15) is 13.6 Å². The number of nitrogen functional groups attached to an aromatic ring is 1. The molecule has 0 aliphatic carbocycles. The second-order valence-corrected chi connectivity index (χ2v) is 16.1. The van der Waals surface area contributed by atoms with Crippen molar-refractivity contribution >= 4 is 56.8 Å². The molecule has 1 aromatic rings. The third-order valence-electron chi connectivity index (χ3n) is 4.81. The Kier molecular flexibility index (Phi) is 12.9. The number of nitrogens with one attached hydrogen (secondary N) is 1. The van der Waals surface area contributed by atoms with E-state index in [4.69, 9.17) is 29.5 Å². The van der Waals surface area contributed by atoms with Gasteiger partial charge >= 0.3 is 29.2 Å². The maximum atomic E-state index is 12.3. The third kappa shape index (κ3) is 12.6. The Bertz CT molecular complexity index is 1230. The minimum absolute atomic E-state index is 0.0255. The van der Waals surface area contributed by atoms with Crippen LogP contribution in [0.5, 0.6) is 0 Å². The van der Waals surface area contributed by atoms with Gasteiger partial charge in [-0.15, -0.1) is 0 Å². The highest BCUT2D eigenvalue weighted by Crippen LogP contribution is 2.66. The predicted molar refractivity (Wildman–Crippen MR) is 144 cm³/mol. The van der Waals surface area contributed by atoms with Crippen molar-refractivity contribution in [3.8, 4) is 0 Å². The van der Waals surface area contributed by atoms with E-state index in [1.165, 1.54) is 33.9 Å². The number of phosphoric acid groups is 3. The highest BCUT2D eigenvalue weighted by molar-refractivity contribution is 8.77. The molecule has 40 heavy (non-hydrogen) atoms. The van der Waals surface area contributed by atoms with E-state index in [0.717, 1.165) is 4.57 Å². The van der Waals surface area contributed by atoms with Crippen molar-refractivity contribution in [1.82, 2.24) is 14.9 Å². The fourth-order valence-corrected chi connectivity index (χ4v) is 8.28. The van der Waals surface area contributed by atoms with Crippen LogP contribution in [-0.4, -0.2) is 71.1 Å². The number of aromatic nitrogens is 2. The Morgan fingerprint density at radius 1 is 1.25 bits per heavy atom. The normalized spacial score (nSPS) is 22.9. The summed E-state index contributed by atoms with van der Waals surface area (Å²) in [7, 11) is -13.9. The van der Waals surface area contributed by atoms with Crippen LogP contribution in [0.25, 0.3) is 0 Å². The lowest BCUT2D eigenvalue weighted by atomic mass is 10.2. The van der Waals surface area contributed by atoms with E-state index in [9.17, 15) is 33.1 Å². The fourth-order valence-electron chi connectivity index (χ4n) is 3.08. The van der Waals surface area contributed by atoms with E-state index in [0.29, 0.717) is 13.0 Å². The largest absolute Gasteiger partial charge is 0.490 e. The smallest absolute Gasteiger partial charge is 0.383 e. The molecular weight excluding hydrogens is 641 g/mol. The minimum atomic E-state index is -5.71. The average molecular weight is 673 g/mol. The first kappa shape index (κ1) is 35.4. The summed E-state index contributed by atoms with van der Waals surface area (Å²) in [6.45, 7) is 5.21. The molecule has 0 aromatic carbocycles. The molecule has 1 fully saturated rings. The molecule has 0 bridgehead atoms. The zero-order valence-corrected chi connectivity index (χ0v) is 25.7. The first-order valence-corrected chi connectivity index (χ1v) is 18.1. The summed E-state index contributed by atoms with van der Waals surface area (Å²) < 4.78 is 59.0. The summed E-state index contributed by atoms with van der Waals surface area (Å²) in [6, 6.07) is 1.35. The van der Waals surface area contributed by atoms with Crippen LogP contribution in [0, 0.1) is 0 Å². The van der Waals surface area contributed by atoms with E-state index in [2.05, 4.69) is 18.9 Å². The van der Waals surface area contributed by atoms with Crippen LogP contribution >= 0.6 is 45.1 Å². The number of nitrogens with two attached hydrogens (primary N) is 1. The monoisotopic (exact) mass is 672 g/mol. The zero-order valence-electron chi connectivity index (χ0n) is 21.4. The summed E-state index contributed by atoms with van der Waals surface area (Å²) >= 11 is 0. The maximum Gasteiger partial charge on any atom is 0.490 e. The molecule has 23 heteroatoms. The molecule has 0 saturated carbocycles. The average Bonchev–Trinajstić information content (AvgIpc) is 3.19. The van der Waals surface area contributed by atoms with Crippen LogP contribution in [-0.2, 0) is 41.1 Å². The Hall–Kier alpha value is -0.820. The number of amides is 1. The van der Waals surface area contributed by atoms with Gasteiger partial charge in [0.15, 0.2) is 0 Å². The number of carbonyl (C=O) groups excluding carboxylic acids is 1. The summed E-state index contributed by atoms with van der Waals surface area (Å²) in [5.41, 5.74) is 4.78. The number of ether oxygens (including phenoxy) is 2. The van der Waals surface area contributed by atoms with Gasteiger partial charge in [0.2, 0.25) is 5.91 Å². The summed E-state index contributed by atoms with van der Waals surface area (Å²) in [5, 5.41) is 2.80. The molecule has 1 saturated heterocycles. The van der Waals surface area contributed by atoms with Crippen LogP contribution in [0.3, 0.4) is 0 Å². The maximum absolute atomic E-state index is 12.3. The van der Waals surface area contributed by atoms with Gasteiger partial charge in [-0.05, 0) is 19.9 Å². The predicted octanol–water partition coefficient (Wildman–Crippen LogP) is 1.49. The Balaban J connectivity index is 2.05. The Labute approximate surface area is 236 Å². The molecule has 2 heterocycles. The molecule has 230 valence electrons. The topological polar surface area (TPSA) is 268 Å². The standard InChI is InChI=1S/C17H31N4O14P3S2/c1-4-14(22)19-9-17(2,3)40-39-10-31-11-7-15(21-6-5-13(18)20-16(21)23)33-12(11)8-32-37(27,28)35-38(29,30)34-36(24,25)26/h5-6,11-12,15H,4,7-10H2,1-3H3,(H,19,22)(H,27,28)(H,29,30)(H2,18,20,23)(H2,24,25,26)/t11-,12?,15-/m1/s1. The quantitative estimate of drug-likeness (QED) is 0.0628. The lowest BCUT2D eigenvalue weighted by Crippen LogP contribution is -2.35. The number of hydrogen-bond acceptors (Lipinski definition) is 14. The molecule has 7 N–H and O–H groups in total. The second kappa shape index (κ2) is 14.6. The molecular formula is C17H31N4O14P3S2. The molecule has 5 atom stereocenters. The van der Waals surface area contributed by atoms with Crippen molar-refractivity contribution in [1.29, 1.82) is 0 Å². The van der Waals surface area contributed by atoms with Crippen molar-refractivity contribution in [2.45, 2.75) is 56.8 Å². The third-order valence-corrected chi connectivity index (χ3v) is 11.6. The Morgan fingerprint density at radius 3 is 2.52 bits per heavy atom. The van der Waals surface area contributed by atoms with Gasteiger partial charge in [0.25, 0.3) is 0 Å². The Morgan fingerprint density at radius 2 is 1.93 bits per heavy atom. The molecule has 1 aromatic heterocycles. The molecule has 3 unspecified atom stereocenters. The summed E-state index contributed by atoms with van der Waals surface area (Å²) in [5.74, 6) is -0.0326. The minimum Gasteiger partial charge on any atom is -0.383 e. The van der Waals surface area contributed by atoms with Crippen molar-refractivity contribution in [2.75, 3.05) is 24.8 Å². The zero-order chi connectivity index (χ0) is 30.4. The highest BCUT2D eigenvalue weighted by atomic mass is 33.1. The lowest BCUT2D eigenvalue weighted by Gasteiger charge is -2.24. The van der Waals surface area contributed by atoms with E-state index < -0.39 is 54.2 Å². The van der Waals surface area contributed by atoms with Gasteiger partial charge in [-0.1, -0.05) is 28.5 Å². The first-order valence-electron chi connectivity index (χ1n) is 11.3. The number of nitrogens with zero attached hydrogens (tertiary/aromatic N) is 2. The van der Waals surface area contributed by atoms with Gasteiger partial charge in [0.05, 0.1) is 12.7 Å².